The van der Waals surface area contributed by atoms with E-state index in [9.17, 15) is 4.39 Å². The molecule has 0 spiro atoms. The minimum atomic E-state index is -0.466. The molecule has 29 heavy (non-hydrogen) atoms. The first kappa shape index (κ1) is 19.7. The fourth-order valence-corrected chi connectivity index (χ4v) is 3.83. The molecular formula is C22H23ClFN3O2. The van der Waals surface area contributed by atoms with E-state index in [1.165, 1.54) is 31.3 Å². The van der Waals surface area contributed by atoms with Crippen molar-refractivity contribution in [3.8, 4) is 11.5 Å². The second-order valence-corrected chi connectivity index (χ2v) is 7.90. The number of hydrogen-bond donors (Lipinski definition) is 1. The van der Waals surface area contributed by atoms with Crippen LogP contribution >= 0.6 is 11.6 Å². The molecule has 0 saturated heterocycles. The predicted molar refractivity (Wildman–Crippen MR) is 113 cm³/mol. The quantitative estimate of drug-likeness (QED) is 0.543. The number of fused-ring (bicyclic) bond motifs is 1. The summed E-state index contributed by atoms with van der Waals surface area (Å²) in [6, 6.07) is 8.20. The van der Waals surface area contributed by atoms with E-state index in [1.54, 1.807) is 13.2 Å². The van der Waals surface area contributed by atoms with Gasteiger partial charge in [-0.25, -0.2) is 14.4 Å². The van der Waals surface area contributed by atoms with Crippen molar-refractivity contribution in [2.75, 3.05) is 12.4 Å². The average Bonchev–Trinajstić information content (AvgIpc) is 2.72. The Morgan fingerprint density at radius 3 is 2.59 bits per heavy atom. The Kier molecular flexibility index (Phi) is 5.72. The fraction of sp³-hybridized carbons (Fsp3) is 0.364. The molecule has 1 saturated carbocycles. The van der Waals surface area contributed by atoms with Crippen LogP contribution in [0.4, 0.5) is 15.9 Å². The zero-order valence-electron chi connectivity index (χ0n) is 16.4. The highest BCUT2D eigenvalue weighted by Gasteiger charge is 2.21. The van der Waals surface area contributed by atoms with Crippen molar-refractivity contribution in [1.29, 1.82) is 0 Å². The van der Waals surface area contributed by atoms with Crippen LogP contribution in [0.1, 0.15) is 32.6 Å². The topological polar surface area (TPSA) is 56.3 Å². The molecule has 0 aliphatic heterocycles. The number of rotatable bonds is 5. The van der Waals surface area contributed by atoms with Crippen LogP contribution in [0.5, 0.6) is 11.5 Å². The van der Waals surface area contributed by atoms with Gasteiger partial charge in [-0.2, -0.15) is 0 Å². The molecule has 0 radical (unpaired) electrons. The molecule has 4 rings (SSSR count). The number of nitrogens with zero attached hydrogens (tertiary/aromatic N) is 2. The maximum Gasteiger partial charge on any atom is 0.162 e. The number of hydrogen-bond acceptors (Lipinski definition) is 5. The molecule has 2 aromatic carbocycles. The van der Waals surface area contributed by atoms with E-state index in [4.69, 9.17) is 21.1 Å². The number of anilines is 2. The predicted octanol–water partition coefficient (Wildman–Crippen LogP) is 6.13. The Hall–Kier alpha value is -2.60. The number of methoxy groups -OCH3 is 1. The van der Waals surface area contributed by atoms with Gasteiger partial charge in [0.25, 0.3) is 0 Å². The summed E-state index contributed by atoms with van der Waals surface area (Å²) in [6.45, 7) is 2.28. The van der Waals surface area contributed by atoms with Gasteiger partial charge in [-0.15, -0.1) is 0 Å². The van der Waals surface area contributed by atoms with Crippen molar-refractivity contribution in [2.24, 2.45) is 5.92 Å². The van der Waals surface area contributed by atoms with E-state index in [0.717, 1.165) is 29.7 Å². The van der Waals surface area contributed by atoms with E-state index in [1.807, 2.05) is 12.1 Å². The minimum Gasteiger partial charge on any atom is -0.493 e. The molecule has 1 aliphatic rings. The van der Waals surface area contributed by atoms with Crippen LogP contribution in [-0.2, 0) is 0 Å². The molecule has 1 aromatic heterocycles. The number of benzene rings is 2. The van der Waals surface area contributed by atoms with Crippen LogP contribution in [0.15, 0.2) is 36.7 Å². The summed E-state index contributed by atoms with van der Waals surface area (Å²) in [5, 5.41) is 4.02. The fourth-order valence-electron chi connectivity index (χ4n) is 3.65. The van der Waals surface area contributed by atoms with E-state index in [-0.39, 0.29) is 11.1 Å². The summed E-state index contributed by atoms with van der Waals surface area (Å²) < 4.78 is 25.3. The maximum atomic E-state index is 13.5. The smallest absolute Gasteiger partial charge is 0.162 e. The average molecular weight is 416 g/mol. The van der Waals surface area contributed by atoms with Crippen molar-refractivity contribution < 1.29 is 13.9 Å². The van der Waals surface area contributed by atoms with Gasteiger partial charge in [0.2, 0.25) is 0 Å². The summed E-state index contributed by atoms with van der Waals surface area (Å²) in [5.74, 6) is 2.19. The molecule has 0 amide bonds. The Morgan fingerprint density at radius 2 is 1.86 bits per heavy atom. The first-order valence-electron chi connectivity index (χ1n) is 9.75. The molecule has 1 fully saturated rings. The summed E-state index contributed by atoms with van der Waals surface area (Å²) in [6.07, 6.45) is 6.05. The van der Waals surface area contributed by atoms with Crippen LogP contribution in [0.3, 0.4) is 0 Å². The summed E-state index contributed by atoms with van der Waals surface area (Å²) in [7, 11) is 1.62. The monoisotopic (exact) mass is 415 g/mol. The van der Waals surface area contributed by atoms with Crippen molar-refractivity contribution >= 4 is 34.0 Å². The molecule has 1 aliphatic carbocycles. The number of halogens is 2. The Morgan fingerprint density at radius 1 is 1.07 bits per heavy atom. The standard InChI is InChI=1S/C22H23ClFN3O2/c1-13-3-6-15(7-4-13)29-21-10-16-19(11-20(21)28-2)25-12-26-22(16)27-14-5-8-18(24)17(23)9-14/h5,8-13,15H,3-4,6-7H2,1-2H3,(H,25,26,27). The molecule has 7 heteroatoms. The van der Waals surface area contributed by atoms with Gasteiger partial charge in [0, 0.05) is 17.1 Å². The van der Waals surface area contributed by atoms with E-state index >= 15 is 0 Å². The number of aromatic nitrogens is 2. The SMILES string of the molecule is COc1cc2ncnc(Nc3ccc(F)c(Cl)c3)c2cc1OC1CCC(C)CC1. The minimum absolute atomic E-state index is 0.0468. The first-order valence-corrected chi connectivity index (χ1v) is 10.1. The van der Waals surface area contributed by atoms with Gasteiger partial charge >= 0.3 is 0 Å². The summed E-state index contributed by atoms with van der Waals surface area (Å²) >= 11 is 5.90. The van der Waals surface area contributed by atoms with Crippen LogP contribution in [0, 0.1) is 11.7 Å². The second kappa shape index (κ2) is 8.41. The van der Waals surface area contributed by atoms with Gasteiger partial charge < -0.3 is 14.8 Å². The second-order valence-electron chi connectivity index (χ2n) is 7.50. The molecule has 0 unspecified atom stereocenters. The zero-order valence-corrected chi connectivity index (χ0v) is 17.2. The lowest BCUT2D eigenvalue weighted by Gasteiger charge is -2.27. The lowest BCUT2D eigenvalue weighted by molar-refractivity contribution is 0.131. The molecule has 1 heterocycles. The molecule has 0 bridgehead atoms. The molecule has 152 valence electrons. The highest BCUT2D eigenvalue weighted by molar-refractivity contribution is 6.31. The summed E-state index contributed by atoms with van der Waals surface area (Å²) in [5.41, 5.74) is 1.35. The largest absolute Gasteiger partial charge is 0.493 e. The van der Waals surface area contributed by atoms with Gasteiger partial charge in [0.1, 0.15) is 18.0 Å². The van der Waals surface area contributed by atoms with Crippen molar-refractivity contribution in [3.63, 3.8) is 0 Å². The van der Waals surface area contributed by atoms with Gasteiger partial charge in [-0.1, -0.05) is 18.5 Å². The lowest BCUT2D eigenvalue weighted by Crippen LogP contribution is -2.23. The maximum absolute atomic E-state index is 13.5. The van der Waals surface area contributed by atoms with Gasteiger partial charge in [0.15, 0.2) is 11.5 Å². The number of ether oxygens (including phenoxy) is 2. The van der Waals surface area contributed by atoms with Gasteiger partial charge in [-0.3, -0.25) is 0 Å². The highest BCUT2D eigenvalue weighted by atomic mass is 35.5. The lowest BCUT2D eigenvalue weighted by atomic mass is 9.89. The summed E-state index contributed by atoms with van der Waals surface area (Å²) in [4.78, 5) is 8.70. The molecular weight excluding hydrogens is 393 g/mol. The van der Waals surface area contributed by atoms with Crippen LogP contribution < -0.4 is 14.8 Å². The Balaban J connectivity index is 1.67. The van der Waals surface area contributed by atoms with E-state index in [2.05, 4.69) is 22.2 Å². The van der Waals surface area contributed by atoms with Crippen molar-refractivity contribution in [1.82, 2.24) is 9.97 Å². The molecule has 5 nitrogen and oxygen atoms in total. The van der Waals surface area contributed by atoms with Crippen LogP contribution in [0.2, 0.25) is 5.02 Å². The Labute approximate surface area is 174 Å². The van der Waals surface area contributed by atoms with Gasteiger partial charge in [0.05, 0.1) is 23.8 Å². The third kappa shape index (κ3) is 4.37. The zero-order chi connectivity index (χ0) is 20.4. The first-order chi connectivity index (χ1) is 14.0. The van der Waals surface area contributed by atoms with Crippen LogP contribution in [0.25, 0.3) is 10.9 Å². The van der Waals surface area contributed by atoms with Crippen molar-refractivity contribution in [2.45, 2.75) is 38.7 Å². The molecule has 3 aromatic rings. The highest BCUT2D eigenvalue weighted by Crippen LogP contribution is 2.37. The number of nitrogens with one attached hydrogen (secondary N) is 1. The van der Waals surface area contributed by atoms with Gasteiger partial charge in [-0.05, 0) is 55.9 Å². The molecule has 0 atom stereocenters. The third-order valence-corrected chi connectivity index (χ3v) is 5.65. The normalized spacial score (nSPS) is 19.2. The third-order valence-electron chi connectivity index (χ3n) is 5.36. The Bertz CT molecular complexity index is 1020. The van der Waals surface area contributed by atoms with Crippen molar-refractivity contribution in [3.05, 3.63) is 47.5 Å². The molecule has 1 N–H and O–H groups in total. The van der Waals surface area contributed by atoms with Crippen LogP contribution in [-0.4, -0.2) is 23.2 Å². The van der Waals surface area contributed by atoms with E-state index in [0.29, 0.717) is 23.0 Å². The van der Waals surface area contributed by atoms with E-state index < -0.39 is 5.82 Å².